The summed E-state index contributed by atoms with van der Waals surface area (Å²) in [6.45, 7) is -0.0499. The molecule has 0 aliphatic heterocycles. The summed E-state index contributed by atoms with van der Waals surface area (Å²) in [6.07, 6.45) is 0. The third-order valence-corrected chi connectivity index (χ3v) is 4.44. The Labute approximate surface area is 175 Å². The smallest absolute Gasteiger partial charge is 0.293 e. The van der Waals surface area contributed by atoms with Gasteiger partial charge in [-0.2, -0.15) is 5.26 Å². The average molecular weight is 454 g/mol. The largest absolute Gasteiger partial charge is 0.479 e. The molecule has 0 bridgehead atoms. The molecule has 2 amide bonds. The van der Waals surface area contributed by atoms with Crippen molar-refractivity contribution in [2.45, 2.75) is 0 Å². The van der Waals surface area contributed by atoms with Crippen LogP contribution in [0.5, 0.6) is 5.75 Å². The van der Waals surface area contributed by atoms with E-state index in [1.54, 1.807) is 67.7 Å². The summed E-state index contributed by atoms with van der Waals surface area (Å²) in [4.78, 5) is 26.8. The van der Waals surface area contributed by atoms with Crippen LogP contribution in [0.4, 0.5) is 11.4 Å². The van der Waals surface area contributed by atoms with Gasteiger partial charge >= 0.3 is 0 Å². The molecule has 0 aliphatic rings. The van der Waals surface area contributed by atoms with E-state index < -0.39 is 0 Å². The molecule has 0 saturated carbocycles. The van der Waals surface area contributed by atoms with Crippen molar-refractivity contribution in [1.29, 1.82) is 5.26 Å². The fourth-order valence-electron chi connectivity index (χ4n) is 2.61. The highest BCUT2D eigenvalue weighted by Gasteiger charge is 2.22. The lowest BCUT2D eigenvalue weighted by Gasteiger charge is -2.19. The van der Waals surface area contributed by atoms with Crippen LogP contribution < -0.4 is 15.0 Å². The third kappa shape index (κ3) is 4.83. The number of nitriles is 1. The minimum absolute atomic E-state index is 0.0499. The fraction of sp³-hybridized carbons (Fsp3) is 0.0952. The van der Waals surface area contributed by atoms with Gasteiger partial charge in [-0.3, -0.25) is 9.59 Å². The van der Waals surface area contributed by atoms with E-state index >= 15 is 0 Å². The summed E-state index contributed by atoms with van der Waals surface area (Å²) in [6, 6.07) is 18.5. The number of anilines is 2. The van der Waals surface area contributed by atoms with E-state index in [4.69, 9.17) is 14.4 Å². The predicted octanol–water partition coefficient (Wildman–Crippen LogP) is 4.47. The molecular formula is C21H16BrN3O4. The van der Waals surface area contributed by atoms with Gasteiger partial charge in [-0.25, -0.2) is 0 Å². The van der Waals surface area contributed by atoms with Gasteiger partial charge in [0.2, 0.25) is 0 Å². The zero-order valence-electron chi connectivity index (χ0n) is 15.4. The normalized spacial score (nSPS) is 10.1. The second-order valence-electron chi connectivity index (χ2n) is 5.91. The molecule has 146 valence electrons. The van der Waals surface area contributed by atoms with Gasteiger partial charge in [-0.1, -0.05) is 12.1 Å². The number of hydrogen-bond acceptors (Lipinski definition) is 5. The van der Waals surface area contributed by atoms with E-state index in [1.807, 2.05) is 6.07 Å². The van der Waals surface area contributed by atoms with E-state index in [0.717, 1.165) is 0 Å². The minimum atomic E-state index is -0.380. The van der Waals surface area contributed by atoms with Crippen molar-refractivity contribution < 1.29 is 18.7 Å². The average Bonchev–Trinajstić information content (AvgIpc) is 3.18. The number of amides is 2. The van der Waals surface area contributed by atoms with E-state index in [1.165, 1.54) is 4.90 Å². The first kappa shape index (κ1) is 20.2. The lowest BCUT2D eigenvalue weighted by Crippen LogP contribution is -2.28. The van der Waals surface area contributed by atoms with Crippen molar-refractivity contribution >= 4 is 39.1 Å². The molecule has 7 nitrogen and oxygen atoms in total. The van der Waals surface area contributed by atoms with Crippen molar-refractivity contribution in [3.8, 4) is 11.8 Å². The maximum Gasteiger partial charge on any atom is 0.293 e. The van der Waals surface area contributed by atoms with E-state index in [2.05, 4.69) is 21.2 Å². The van der Waals surface area contributed by atoms with Gasteiger partial charge in [0.25, 0.3) is 11.8 Å². The van der Waals surface area contributed by atoms with Crippen molar-refractivity contribution in [1.82, 2.24) is 0 Å². The lowest BCUT2D eigenvalue weighted by molar-refractivity contribution is 0.0965. The van der Waals surface area contributed by atoms with Gasteiger partial charge < -0.3 is 19.4 Å². The summed E-state index contributed by atoms with van der Waals surface area (Å²) >= 11 is 3.17. The molecule has 0 aliphatic carbocycles. The Morgan fingerprint density at radius 3 is 2.52 bits per heavy atom. The second kappa shape index (κ2) is 9.08. The Kier molecular flexibility index (Phi) is 6.32. The maximum absolute atomic E-state index is 12.8. The summed E-state index contributed by atoms with van der Waals surface area (Å²) in [7, 11) is 1.58. The molecule has 3 aromatic rings. The number of furan rings is 1. The van der Waals surface area contributed by atoms with Crippen molar-refractivity contribution in [2.24, 2.45) is 0 Å². The minimum Gasteiger partial charge on any atom is -0.479 e. The molecule has 1 aromatic heterocycles. The Balaban J connectivity index is 1.78. The highest BCUT2D eigenvalue weighted by Crippen LogP contribution is 2.24. The third-order valence-electron chi connectivity index (χ3n) is 4.01. The number of hydrogen-bond donors (Lipinski definition) is 1. The van der Waals surface area contributed by atoms with Crippen LogP contribution in [-0.4, -0.2) is 25.5 Å². The maximum atomic E-state index is 12.8. The van der Waals surface area contributed by atoms with Crippen molar-refractivity contribution in [2.75, 3.05) is 23.9 Å². The van der Waals surface area contributed by atoms with Gasteiger partial charge in [0.05, 0.1) is 11.3 Å². The molecule has 0 atom stereocenters. The molecule has 29 heavy (non-hydrogen) atoms. The number of carbonyl (C=O) groups is 2. The van der Waals surface area contributed by atoms with Gasteiger partial charge in [0, 0.05) is 12.7 Å². The topological polar surface area (TPSA) is 95.6 Å². The first-order chi connectivity index (χ1) is 14.0. The number of nitrogens with one attached hydrogen (secondary N) is 1. The van der Waals surface area contributed by atoms with Crippen LogP contribution >= 0.6 is 15.9 Å². The zero-order chi connectivity index (χ0) is 20.8. The van der Waals surface area contributed by atoms with E-state index in [0.29, 0.717) is 27.4 Å². The zero-order valence-corrected chi connectivity index (χ0v) is 17.0. The molecule has 2 aromatic carbocycles. The molecule has 0 saturated heterocycles. The van der Waals surface area contributed by atoms with Crippen molar-refractivity contribution in [3.63, 3.8) is 0 Å². The molecule has 0 fully saturated rings. The number of halogens is 1. The molecule has 3 rings (SSSR count). The van der Waals surface area contributed by atoms with Crippen LogP contribution in [0.25, 0.3) is 0 Å². The first-order valence-corrected chi connectivity index (χ1v) is 9.32. The summed E-state index contributed by atoms with van der Waals surface area (Å²) in [5.74, 6) is -0.0658. The molecule has 0 spiro atoms. The number of rotatable bonds is 6. The Morgan fingerprint density at radius 1 is 1.14 bits per heavy atom. The number of carbonyl (C=O) groups excluding carboxylic acids is 2. The van der Waals surface area contributed by atoms with E-state index in [9.17, 15) is 9.59 Å². The van der Waals surface area contributed by atoms with Gasteiger partial charge in [-0.05, 0) is 64.5 Å². The molecular weight excluding hydrogens is 438 g/mol. The van der Waals surface area contributed by atoms with Crippen LogP contribution in [-0.2, 0) is 0 Å². The van der Waals surface area contributed by atoms with Crippen LogP contribution in [0, 0.1) is 11.3 Å². The molecule has 0 unspecified atom stereocenters. The van der Waals surface area contributed by atoms with E-state index in [-0.39, 0.29) is 24.2 Å². The molecule has 1 heterocycles. The highest BCUT2D eigenvalue weighted by atomic mass is 79.9. The standard InChI is InChI=1S/C21H16BrN3O4/c1-25(21(27)18-10-11-19(22)29-18)17-5-3-2-4-16(17)20(26)24-14-6-8-15(9-7-14)28-13-12-23/h2-11H,13H2,1H3,(H,24,26). The van der Waals surface area contributed by atoms with Gasteiger partial charge in [-0.15, -0.1) is 0 Å². The van der Waals surface area contributed by atoms with Gasteiger partial charge in [0.15, 0.2) is 17.0 Å². The molecule has 0 radical (unpaired) electrons. The van der Waals surface area contributed by atoms with Crippen LogP contribution in [0.1, 0.15) is 20.9 Å². The number of benzene rings is 2. The summed E-state index contributed by atoms with van der Waals surface area (Å²) in [5.41, 5.74) is 1.33. The summed E-state index contributed by atoms with van der Waals surface area (Å²) in [5, 5.41) is 11.3. The Bertz CT molecular complexity index is 1070. The van der Waals surface area contributed by atoms with Crippen molar-refractivity contribution in [3.05, 3.63) is 76.7 Å². The molecule has 8 heteroatoms. The number of para-hydroxylation sites is 1. The van der Waals surface area contributed by atoms with Crippen LogP contribution in [0.2, 0.25) is 0 Å². The number of nitrogens with zero attached hydrogens (tertiary/aromatic N) is 2. The monoisotopic (exact) mass is 453 g/mol. The number of ether oxygens (including phenoxy) is 1. The predicted molar refractivity (Wildman–Crippen MR) is 111 cm³/mol. The fourth-order valence-corrected chi connectivity index (χ4v) is 2.92. The quantitative estimate of drug-likeness (QED) is 0.593. The van der Waals surface area contributed by atoms with Crippen LogP contribution in [0.15, 0.2) is 69.8 Å². The van der Waals surface area contributed by atoms with Gasteiger partial charge in [0.1, 0.15) is 11.8 Å². The Hall–Kier alpha value is -3.57. The lowest BCUT2D eigenvalue weighted by atomic mass is 10.1. The SMILES string of the molecule is CN(C(=O)c1ccc(Br)o1)c1ccccc1C(=O)Nc1ccc(OCC#N)cc1. The second-order valence-corrected chi connectivity index (χ2v) is 6.69. The van der Waals surface area contributed by atoms with Crippen LogP contribution in [0.3, 0.4) is 0 Å². The molecule has 1 N–H and O–H groups in total. The highest BCUT2D eigenvalue weighted by molar-refractivity contribution is 9.10. The Morgan fingerprint density at radius 2 is 1.86 bits per heavy atom. The summed E-state index contributed by atoms with van der Waals surface area (Å²) < 4.78 is 11.0. The first-order valence-electron chi connectivity index (χ1n) is 8.53.